The van der Waals surface area contributed by atoms with E-state index in [0.29, 0.717) is 0 Å². The maximum Gasteiger partial charge on any atom is 0.162 e. The Morgan fingerprint density at radius 2 is 1.59 bits per heavy atom. The van der Waals surface area contributed by atoms with Gasteiger partial charge in [0, 0.05) is 65.8 Å². The van der Waals surface area contributed by atoms with Gasteiger partial charge in [0.2, 0.25) is 0 Å². The molecule has 4 aromatic rings. The van der Waals surface area contributed by atoms with E-state index in [0.717, 1.165) is 82.2 Å². The number of nitrogens with one attached hydrogen (secondary N) is 2. The van der Waals surface area contributed by atoms with E-state index in [4.69, 9.17) is 4.98 Å². The van der Waals surface area contributed by atoms with Gasteiger partial charge < -0.3 is 15.2 Å². The molecule has 6 nitrogen and oxygen atoms in total. The van der Waals surface area contributed by atoms with Gasteiger partial charge in [-0.1, -0.05) is 26.0 Å². The van der Waals surface area contributed by atoms with Crippen molar-refractivity contribution < 1.29 is 4.79 Å². The third kappa shape index (κ3) is 4.73. The van der Waals surface area contributed by atoms with Crippen molar-refractivity contribution >= 4 is 22.5 Å². The van der Waals surface area contributed by atoms with Crippen LogP contribution in [0, 0.1) is 13.8 Å². The van der Waals surface area contributed by atoms with Crippen molar-refractivity contribution in [1.82, 2.24) is 20.3 Å². The highest BCUT2D eigenvalue weighted by molar-refractivity contribution is 6.12. The number of piperazine rings is 1. The summed E-state index contributed by atoms with van der Waals surface area (Å²) in [6, 6.07) is 14.5. The number of pyridine rings is 2. The van der Waals surface area contributed by atoms with Crippen LogP contribution in [-0.2, 0) is 0 Å². The molecule has 1 fully saturated rings. The molecule has 0 spiro atoms. The standard InChI is InChI=1S/C26H27N5O.C2H6/c1-16-12-21(13-17(2)29-16)26-25(18(3)32)22-6-4-19(14-23(22)30-26)20-5-7-24(28-15-20)31-10-8-27-9-11-31;1-2/h4-7,12-15,27,30H,8-11H2,1-3H3;1-2H3. The Morgan fingerprint density at radius 3 is 2.21 bits per heavy atom. The van der Waals surface area contributed by atoms with Crippen LogP contribution in [0.25, 0.3) is 33.3 Å². The summed E-state index contributed by atoms with van der Waals surface area (Å²) in [5, 5.41) is 4.31. The first-order chi connectivity index (χ1) is 16.5. The average molecular weight is 456 g/mol. The molecule has 0 atom stereocenters. The highest BCUT2D eigenvalue weighted by atomic mass is 16.1. The van der Waals surface area contributed by atoms with Crippen molar-refractivity contribution in [2.45, 2.75) is 34.6 Å². The molecule has 0 aliphatic carbocycles. The Kier molecular flexibility index (Phi) is 7.08. The average Bonchev–Trinajstić information content (AvgIpc) is 3.25. The van der Waals surface area contributed by atoms with E-state index in [1.807, 2.05) is 52.1 Å². The Balaban J connectivity index is 0.00000133. The van der Waals surface area contributed by atoms with Gasteiger partial charge in [0.25, 0.3) is 0 Å². The van der Waals surface area contributed by atoms with Crippen molar-refractivity contribution in [1.29, 1.82) is 0 Å². The van der Waals surface area contributed by atoms with Gasteiger partial charge in [0.15, 0.2) is 5.78 Å². The van der Waals surface area contributed by atoms with Crippen molar-refractivity contribution in [3.8, 4) is 22.4 Å². The topological polar surface area (TPSA) is 73.9 Å². The van der Waals surface area contributed by atoms with E-state index in [1.165, 1.54) is 0 Å². The van der Waals surface area contributed by atoms with Crippen LogP contribution in [0.2, 0.25) is 0 Å². The van der Waals surface area contributed by atoms with E-state index in [-0.39, 0.29) is 5.78 Å². The predicted molar refractivity (Wildman–Crippen MR) is 141 cm³/mol. The van der Waals surface area contributed by atoms with Gasteiger partial charge >= 0.3 is 0 Å². The number of aromatic nitrogens is 3. The fourth-order valence-corrected chi connectivity index (χ4v) is 4.58. The number of aryl methyl sites for hydroxylation is 2. The third-order valence-corrected chi connectivity index (χ3v) is 6.04. The van der Waals surface area contributed by atoms with Crippen LogP contribution >= 0.6 is 0 Å². The summed E-state index contributed by atoms with van der Waals surface area (Å²) in [5.41, 5.74) is 7.51. The van der Waals surface area contributed by atoms with Gasteiger partial charge in [0.1, 0.15) is 5.82 Å². The van der Waals surface area contributed by atoms with Crippen LogP contribution in [0.3, 0.4) is 0 Å². The molecular formula is C28H33N5O. The van der Waals surface area contributed by atoms with Gasteiger partial charge in [-0.25, -0.2) is 4.98 Å². The molecule has 34 heavy (non-hydrogen) atoms. The summed E-state index contributed by atoms with van der Waals surface area (Å²) in [6.07, 6.45) is 1.93. The molecule has 0 amide bonds. The normalized spacial score (nSPS) is 13.5. The van der Waals surface area contributed by atoms with Crippen LogP contribution in [0.4, 0.5) is 5.82 Å². The van der Waals surface area contributed by atoms with E-state index in [9.17, 15) is 4.79 Å². The van der Waals surface area contributed by atoms with Crippen LogP contribution in [0.1, 0.15) is 42.5 Å². The summed E-state index contributed by atoms with van der Waals surface area (Å²) in [7, 11) is 0. The number of anilines is 1. The monoisotopic (exact) mass is 455 g/mol. The second-order valence-corrected chi connectivity index (χ2v) is 8.47. The lowest BCUT2D eigenvalue weighted by Gasteiger charge is -2.28. The number of rotatable bonds is 4. The Bertz CT molecular complexity index is 1280. The number of hydrogen-bond acceptors (Lipinski definition) is 5. The summed E-state index contributed by atoms with van der Waals surface area (Å²) in [6.45, 7) is 13.5. The third-order valence-electron chi connectivity index (χ3n) is 6.04. The molecule has 0 radical (unpaired) electrons. The molecule has 1 aromatic carbocycles. The first kappa shape index (κ1) is 23.6. The van der Waals surface area contributed by atoms with Crippen LogP contribution in [-0.4, -0.2) is 46.9 Å². The summed E-state index contributed by atoms with van der Waals surface area (Å²) < 4.78 is 0. The number of H-pyrrole nitrogens is 1. The van der Waals surface area contributed by atoms with Gasteiger partial charge in [-0.15, -0.1) is 0 Å². The number of carbonyl (C=O) groups is 1. The maximum atomic E-state index is 12.6. The molecule has 6 heteroatoms. The highest BCUT2D eigenvalue weighted by Gasteiger charge is 2.18. The van der Waals surface area contributed by atoms with Crippen molar-refractivity contribution in [3.05, 3.63) is 65.6 Å². The zero-order chi connectivity index (χ0) is 24.2. The van der Waals surface area contributed by atoms with Crippen molar-refractivity contribution in [2.75, 3.05) is 31.1 Å². The molecule has 2 N–H and O–H groups in total. The van der Waals surface area contributed by atoms with Crippen molar-refractivity contribution in [3.63, 3.8) is 0 Å². The quantitative estimate of drug-likeness (QED) is 0.395. The minimum atomic E-state index is 0.0492. The summed E-state index contributed by atoms with van der Waals surface area (Å²) >= 11 is 0. The lowest BCUT2D eigenvalue weighted by molar-refractivity contribution is 0.102. The number of benzene rings is 1. The van der Waals surface area contributed by atoms with Gasteiger partial charge in [0.05, 0.1) is 11.3 Å². The van der Waals surface area contributed by atoms with Gasteiger partial charge in [-0.2, -0.15) is 0 Å². The van der Waals surface area contributed by atoms with Crippen LogP contribution in [0.5, 0.6) is 0 Å². The number of Topliss-reactive ketones (excluding diaryl/α,β-unsaturated/α-hetero) is 1. The molecule has 0 unspecified atom stereocenters. The second-order valence-electron chi connectivity index (χ2n) is 8.47. The van der Waals surface area contributed by atoms with Crippen molar-refractivity contribution in [2.24, 2.45) is 0 Å². The Hall–Kier alpha value is -3.51. The molecule has 176 valence electrons. The molecule has 1 aliphatic heterocycles. The summed E-state index contributed by atoms with van der Waals surface area (Å²) in [4.78, 5) is 27.6. The van der Waals surface area contributed by atoms with Crippen LogP contribution < -0.4 is 10.2 Å². The Labute approximate surface area is 201 Å². The number of carbonyl (C=O) groups excluding carboxylic acids is 1. The predicted octanol–water partition coefficient (Wildman–Crippen LogP) is 5.55. The number of nitrogens with zero attached hydrogens (tertiary/aromatic N) is 3. The summed E-state index contributed by atoms with van der Waals surface area (Å²) in [5.74, 6) is 1.06. The number of hydrogen-bond donors (Lipinski definition) is 2. The van der Waals surface area contributed by atoms with E-state index in [1.54, 1.807) is 6.92 Å². The minimum Gasteiger partial charge on any atom is -0.354 e. The Morgan fingerprint density at radius 1 is 0.912 bits per heavy atom. The SMILES string of the molecule is CC.CC(=O)c1c(-c2cc(C)nc(C)c2)[nH]c2cc(-c3ccc(N4CCNCC4)nc3)ccc12. The molecule has 5 rings (SSSR count). The molecule has 1 aliphatic rings. The number of ketones is 1. The smallest absolute Gasteiger partial charge is 0.162 e. The van der Waals surface area contributed by atoms with Gasteiger partial charge in [-0.3, -0.25) is 9.78 Å². The second kappa shape index (κ2) is 10.2. The molecule has 0 saturated carbocycles. The van der Waals surface area contributed by atoms with E-state index >= 15 is 0 Å². The highest BCUT2D eigenvalue weighted by Crippen LogP contribution is 2.34. The number of aromatic amines is 1. The lowest BCUT2D eigenvalue weighted by Crippen LogP contribution is -2.43. The largest absolute Gasteiger partial charge is 0.354 e. The van der Waals surface area contributed by atoms with Gasteiger partial charge in [-0.05, 0) is 56.7 Å². The molecule has 4 heterocycles. The zero-order valence-corrected chi connectivity index (χ0v) is 20.7. The molecular weight excluding hydrogens is 422 g/mol. The number of fused-ring (bicyclic) bond motifs is 1. The van der Waals surface area contributed by atoms with Crippen LogP contribution in [0.15, 0.2) is 48.7 Å². The first-order valence-corrected chi connectivity index (χ1v) is 12.0. The first-order valence-electron chi connectivity index (χ1n) is 12.0. The fourth-order valence-electron chi connectivity index (χ4n) is 4.58. The fraction of sp³-hybridized carbons (Fsp3) is 0.321. The van der Waals surface area contributed by atoms with E-state index < -0.39 is 0 Å². The maximum absolute atomic E-state index is 12.6. The lowest BCUT2D eigenvalue weighted by atomic mass is 10.00. The van der Waals surface area contributed by atoms with E-state index in [2.05, 4.69) is 44.5 Å². The zero-order valence-electron chi connectivity index (χ0n) is 20.7. The minimum absolute atomic E-state index is 0.0492. The molecule has 0 bridgehead atoms. The molecule has 1 saturated heterocycles. The molecule has 3 aromatic heterocycles.